The highest BCUT2D eigenvalue weighted by Gasteiger charge is 2.04. The predicted molar refractivity (Wildman–Crippen MR) is 62.9 cm³/mol. The minimum absolute atomic E-state index is 0.0984. The van der Waals surface area contributed by atoms with Gasteiger partial charge in [0.15, 0.2) is 0 Å². The van der Waals surface area contributed by atoms with Gasteiger partial charge < -0.3 is 15.1 Å². The lowest BCUT2D eigenvalue weighted by atomic mass is 10.2. The summed E-state index contributed by atoms with van der Waals surface area (Å²) in [5.74, 6) is 0.989. The Hall–Kier alpha value is -1.29. The van der Waals surface area contributed by atoms with Crippen molar-refractivity contribution in [2.24, 2.45) is 0 Å². The number of hydrogen-bond acceptors (Lipinski definition) is 3. The maximum absolute atomic E-state index is 11.4. The molecular weight excluding hydrogens is 204 g/mol. The van der Waals surface area contributed by atoms with Gasteiger partial charge in [0.2, 0.25) is 5.91 Å². The summed E-state index contributed by atoms with van der Waals surface area (Å²) in [6.07, 6.45) is 3.11. The largest absolute Gasteiger partial charge is 0.468 e. The van der Waals surface area contributed by atoms with Gasteiger partial charge in [-0.15, -0.1) is 0 Å². The van der Waals surface area contributed by atoms with E-state index in [9.17, 15) is 4.79 Å². The maximum Gasteiger partial charge on any atom is 0.221 e. The Kier molecular flexibility index (Phi) is 5.64. The predicted octanol–water partition coefficient (Wildman–Crippen LogP) is 1.67. The summed E-state index contributed by atoms with van der Waals surface area (Å²) < 4.78 is 5.16. The Morgan fingerprint density at radius 2 is 2.38 bits per heavy atom. The topological polar surface area (TPSA) is 54.3 Å². The van der Waals surface area contributed by atoms with Crippen LogP contribution in [-0.4, -0.2) is 18.5 Å². The van der Waals surface area contributed by atoms with Crippen molar-refractivity contribution in [3.05, 3.63) is 24.2 Å². The molecule has 0 saturated carbocycles. The van der Waals surface area contributed by atoms with Gasteiger partial charge in [-0.3, -0.25) is 4.79 Å². The monoisotopic (exact) mass is 224 g/mol. The zero-order valence-corrected chi connectivity index (χ0v) is 9.95. The number of carbonyl (C=O) groups is 1. The highest BCUT2D eigenvalue weighted by Crippen LogP contribution is 1.98. The SMILES string of the molecule is CCC(C)NC(=O)CCNCc1ccco1. The summed E-state index contributed by atoms with van der Waals surface area (Å²) in [5.41, 5.74) is 0. The second-order valence-electron chi connectivity index (χ2n) is 3.88. The number of amides is 1. The average Bonchev–Trinajstić information content (AvgIpc) is 2.77. The molecule has 4 heteroatoms. The van der Waals surface area contributed by atoms with Gasteiger partial charge in [0.25, 0.3) is 0 Å². The Morgan fingerprint density at radius 1 is 1.56 bits per heavy atom. The molecule has 1 atom stereocenters. The first-order valence-corrected chi connectivity index (χ1v) is 5.74. The normalized spacial score (nSPS) is 12.4. The molecule has 1 aromatic rings. The first kappa shape index (κ1) is 12.8. The number of nitrogens with one attached hydrogen (secondary N) is 2. The van der Waals surface area contributed by atoms with Crippen molar-refractivity contribution < 1.29 is 9.21 Å². The van der Waals surface area contributed by atoms with Gasteiger partial charge in [-0.2, -0.15) is 0 Å². The van der Waals surface area contributed by atoms with Crippen LogP contribution in [0.2, 0.25) is 0 Å². The average molecular weight is 224 g/mol. The fraction of sp³-hybridized carbons (Fsp3) is 0.583. The number of rotatable bonds is 7. The Morgan fingerprint density at radius 3 is 3.00 bits per heavy atom. The third kappa shape index (κ3) is 4.98. The van der Waals surface area contributed by atoms with Crippen LogP contribution in [-0.2, 0) is 11.3 Å². The maximum atomic E-state index is 11.4. The first-order valence-electron chi connectivity index (χ1n) is 5.74. The fourth-order valence-electron chi connectivity index (χ4n) is 1.28. The standard InChI is InChI=1S/C12H20N2O2/c1-3-10(2)14-12(15)6-7-13-9-11-5-4-8-16-11/h4-5,8,10,13H,3,6-7,9H2,1-2H3,(H,14,15). The van der Waals surface area contributed by atoms with Crippen LogP contribution in [0.25, 0.3) is 0 Å². The zero-order valence-electron chi connectivity index (χ0n) is 9.95. The molecule has 0 aromatic carbocycles. The van der Waals surface area contributed by atoms with E-state index in [2.05, 4.69) is 17.6 Å². The summed E-state index contributed by atoms with van der Waals surface area (Å²) in [4.78, 5) is 11.4. The molecule has 1 aromatic heterocycles. The molecule has 16 heavy (non-hydrogen) atoms. The third-order valence-corrected chi connectivity index (χ3v) is 2.43. The minimum Gasteiger partial charge on any atom is -0.468 e. The van der Waals surface area contributed by atoms with Gasteiger partial charge >= 0.3 is 0 Å². The van der Waals surface area contributed by atoms with Crippen LogP contribution in [0.5, 0.6) is 0 Å². The van der Waals surface area contributed by atoms with Gasteiger partial charge in [-0.25, -0.2) is 0 Å². The van der Waals surface area contributed by atoms with E-state index in [1.54, 1.807) is 6.26 Å². The van der Waals surface area contributed by atoms with Crippen LogP contribution < -0.4 is 10.6 Å². The van der Waals surface area contributed by atoms with E-state index in [1.165, 1.54) is 0 Å². The molecule has 0 aliphatic carbocycles. The fourth-order valence-corrected chi connectivity index (χ4v) is 1.28. The van der Waals surface area contributed by atoms with Crippen LogP contribution in [0, 0.1) is 0 Å². The molecule has 0 bridgehead atoms. The summed E-state index contributed by atoms with van der Waals surface area (Å²) in [5, 5.41) is 6.08. The molecule has 0 radical (unpaired) electrons. The van der Waals surface area contributed by atoms with Gasteiger partial charge in [0.05, 0.1) is 12.8 Å². The Balaban J connectivity index is 2.04. The smallest absolute Gasteiger partial charge is 0.221 e. The lowest BCUT2D eigenvalue weighted by Gasteiger charge is -2.11. The zero-order chi connectivity index (χ0) is 11.8. The van der Waals surface area contributed by atoms with E-state index in [0.29, 0.717) is 19.5 Å². The van der Waals surface area contributed by atoms with Crippen LogP contribution in [0.4, 0.5) is 0 Å². The molecule has 2 N–H and O–H groups in total. The van der Waals surface area contributed by atoms with Crippen LogP contribution in [0.15, 0.2) is 22.8 Å². The van der Waals surface area contributed by atoms with E-state index in [4.69, 9.17) is 4.42 Å². The molecule has 1 amide bonds. The van der Waals surface area contributed by atoms with Crippen molar-refractivity contribution in [1.29, 1.82) is 0 Å². The van der Waals surface area contributed by atoms with Crippen molar-refractivity contribution in [3.63, 3.8) is 0 Å². The molecule has 0 spiro atoms. The van der Waals surface area contributed by atoms with E-state index >= 15 is 0 Å². The number of carbonyl (C=O) groups excluding carboxylic acids is 1. The third-order valence-electron chi connectivity index (χ3n) is 2.43. The Bertz CT molecular complexity index is 296. The highest BCUT2D eigenvalue weighted by molar-refractivity contribution is 5.76. The van der Waals surface area contributed by atoms with Gasteiger partial charge in [-0.1, -0.05) is 6.92 Å². The summed E-state index contributed by atoms with van der Waals surface area (Å²) in [6, 6.07) is 4.02. The molecule has 1 rings (SSSR count). The summed E-state index contributed by atoms with van der Waals surface area (Å²) in [6.45, 7) is 5.40. The van der Waals surface area contributed by atoms with E-state index in [-0.39, 0.29) is 11.9 Å². The summed E-state index contributed by atoms with van der Waals surface area (Å²) in [7, 11) is 0. The van der Waals surface area contributed by atoms with E-state index in [0.717, 1.165) is 12.2 Å². The van der Waals surface area contributed by atoms with Crippen molar-refractivity contribution in [1.82, 2.24) is 10.6 Å². The quantitative estimate of drug-likeness (QED) is 0.693. The van der Waals surface area contributed by atoms with E-state index in [1.807, 2.05) is 19.1 Å². The molecular formula is C12H20N2O2. The molecule has 1 heterocycles. The number of hydrogen-bond donors (Lipinski definition) is 2. The molecule has 0 aliphatic heterocycles. The van der Waals surface area contributed by atoms with Crippen molar-refractivity contribution in [2.75, 3.05) is 6.54 Å². The van der Waals surface area contributed by atoms with Gasteiger partial charge in [0, 0.05) is 19.0 Å². The molecule has 0 fully saturated rings. The molecule has 0 aliphatic rings. The van der Waals surface area contributed by atoms with Crippen molar-refractivity contribution >= 4 is 5.91 Å². The Labute approximate surface area is 96.4 Å². The molecule has 0 saturated heterocycles. The van der Waals surface area contributed by atoms with Crippen LogP contribution in [0.3, 0.4) is 0 Å². The summed E-state index contributed by atoms with van der Waals surface area (Å²) >= 11 is 0. The minimum atomic E-state index is 0.0984. The first-order chi connectivity index (χ1) is 7.72. The molecule has 4 nitrogen and oxygen atoms in total. The van der Waals surface area contributed by atoms with Crippen molar-refractivity contribution in [3.8, 4) is 0 Å². The van der Waals surface area contributed by atoms with Crippen LogP contribution in [0.1, 0.15) is 32.4 Å². The molecule has 1 unspecified atom stereocenters. The number of furan rings is 1. The lowest BCUT2D eigenvalue weighted by molar-refractivity contribution is -0.121. The van der Waals surface area contributed by atoms with Crippen LogP contribution >= 0.6 is 0 Å². The second-order valence-corrected chi connectivity index (χ2v) is 3.88. The lowest BCUT2D eigenvalue weighted by Crippen LogP contribution is -2.33. The molecule has 90 valence electrons. The van der Waals surface area contributed by atoms with Gasteiger partial charge in [-0.05, 0) is 25.5 Å². The van der Waals surface area contributed by atoms with Crippen molar-refractivity contribution in [2.45, 2.75) is 39.3 Å². The second kappa shape index (κ2) is 7.06. The highest BCUT2D eigenvalue weighted by atomic mass is 16.3. The van der Waals surface area contributed by atoms with E-state index < -0.39 is 0 Å². The van der Waals surface area contributed by atoms with Gasteiger partial charge in [0.1, 0.15) is 5.76 Å².